The summed E-state index contributed by atoms with van der Waals surface area (Å²) in [5.74, 6) is 0.680. The summed E-state index contributed by atoms with van der Waals surface area (Å²) in [5.41, 5.74) is 2.70. The lowest BCUT2D eigenvalue weighted by atomic mass is 10.1. The SMILES string of the molecule is CC(C)COc1cccc(C(=O)Nc2ccc(C(=O)NC(C)c3ccccc3)cc2)c1. The van der Waals surface area contributed by atoms with Gasteiger partial charge in [0.2, 0.25) is 0 Å². The van der Waals surface area contributed by atoms with Gasteiger partial charge in [-0.1, -0.05) is 50.2 Å². The predicted octanol–water partition coefficient (Wildman–Crippen LogP) is 5.46. The van der Waals surface area contributed by atoms with E-state index in [1.165, 1.54) is 0 Å². The molecule has 0 aromatic heterocycles. The van der Waals surface area contributed by atoms with Crippen LogP contribution in [0.5, 0.6) is 5.75 Å². The third-order valence-corrected chi connectivity index (χ3v) is 4.73. The Bertz CT molecular complexity index is 1010. The van der Waals surface area contributed by atoms with Crippen molar-refractivity contribution in [1.29, 1.82) is 0 Å². The van der Waals surface area contributed by atoms with Gasteiger partial charge in [0.25, 0.3) is 11.8 Å². The highest BCUT2D eigenvalue weighted by molar-refractivity contribution is 6.04. The normalized spacial score (nSPS) is 11.6. The van der Waals surface area contributed by atoms with E-state index in [-0.39, 0.29) is 17.9 Å². The molecule has 160 valence electrons. The first-order valence-electron chi connectivity index (χ1n) is 10.4. The predicted molar refractivity (Wildman–Crippen MR) is 123 cm³/mol. The lowest BCUT2D eigenvalue weighted by Crippen LogP contribution is -2.26. The molecule has 0 heterocycles. The van der Waals surface area contributed by atoms with E-state index in [1.54, 1.807) is 42.5 Å². The number of ether oxygens (including phenoxy) is 1. The topological polar surface area (TPSA) is 67.4 Å². The number of nitrogens with one attached hydrogen (secondary N) is 2. The van der Waals surface area contributed by atoms with Gasteiger partial charge in [-0.2, -0.15) is 0 Å². The van der Waals surface area contributed by atoms with E-state index in [0.717, 1.165) is 5.56 Å². The molecule has 5 nitrogen and oxygen atoms in total. The molecular formula is C26H28N2O3. The van der Waals surface area contributed by atoms with Gasteiger partial charge >= 0.3 is 0 Å². The molecule has 0 aliphatic heterocycles. The van der Waals surface area contributed by atoms with E-state index in [4.69, 9.17) is 4.74 Å². The molecule has 1 atom stereocenters. The number of carbonyl (C=O) groups is 2. The number of anilines is 1. The van der Waals surface area contributed by atoms with Crippen molar-refractivity contribution in [2.45, 2.75) is 26.8 Å². The summed E-state index contributed by atoms with van der Waals surface area (Å²) in [6, 6.07) is 23.6. The van der Waals surface area contributed by atoms with Crippen LogP contribution in [0.4, 0.5) is 5.69 Å². The highest BCUT2D eigenvalue weighted by atomic mass is 16.5. The maximum absolute atomic E-state index is 12.6. The van der Waals surface area contributed by atoms with Crippen LogP contribution in [-0.4, -0.2) is 18.4 Å². The van der Waals surface area contributed by atoms with Gasteiger partial charge in [-0.15, -0.1) is 0 Å². The third kappa shape index (κ3) is 6.44. The number of rotatable bonds is 8. The molecule has 5 heteroatoms. The van der Waals surface area contributed by atoms with Crippen LogP contribution in [-0.2, 0) is 0 Å². The van der Waals surface area contributed by atoms with Crippen LogP contribution in [0.15, 0.2) is 78.9 Å². The molecule has 0 saturated carbocycles. The van der Waals surface area contributed by atoms with Crippen molar-refractivity contribution < 1.29 is 14.3 Å². The minimum Gasteiger partial charge on any atom is -0.493 e. The summed E-state index contributed by atoms with van der Waals surface area (Å²) in [6.45, 7) is 6.68. The molecular weight excluding hydrogens is 388 g/mol. The van der Waals surface area contributed by atoms with Gasteiger partial charge in [0.05, 0.1) is 12.6 Å². The zero-order chi connectivity index (χ0) is 22.2. The number of carbonyl (C=O) groups excluding carboxylic acids is 2. The van der Waals surface area contributed by atoms with Crippen molar-refractivity contribution in [2.75, 3.05) is 11.9 Å². The number of benzene rings is 3. The summed E-state index contributed by atoms with van der Waals surface area (Å²) in [6.07, 6.45) is 0. The van der Waals surface area contributed by atoms with Gasteiger partial charge in [-0.05, 0) is 60.9 Å². The average Bonchev–Trinajstić information content (AvgIpc) is 2.79. The minimum atomic E-state index is -0.232. The summed E-state index contributed by atoms with van der Waals surface area (Å²) >= 11 is 0. The first kappa shape index (κ1) is 22.1. The van der Waals surface area contributed by atoms with Gasteiger partial charge in [-0.25, -0.2) is 0 Å². The smallest absolute Gasteiger partial charge is 0.255 e. The molecule has 0 fully saturated rings. The van der Waals surface area contributed by atoms with Crippen molar-refractivity contribution in [3.05, 3.63) is 95.6 Å². The van der Waals surface area contributed by atoms with Crippen molar-refractivity contribution in [3.63, 3.8) is 0 Å². The van der Waals surface area contributed by atoms with Crippen LogP contribution < -0.4 is 15.4 Å². The average molecular weight is 417 g/mol. The van der Waals surface area contributed by atoms with Gasteiger partial charge < -0.3 is 15.4 Å². The number of amides is 2. The zero-order valence-corrected chi connectivity index (χ0v) is 18.1. The van der Waals surface area contributed by atoms with Crippen LogP contribution in [0, 0.1) is 5.92 Å². The lowest BCUT2D eigenvalue weighted by Gasteiger charge is -2.14. The standard InChI is InChI=1S/C26H28N2O3/c1-18(2)17-31-24-11-7-10-22(16-24)26(30)28-23-14-12-21(13-15-23)25(29)27-19(3)20-8-5-4-6-9-20/h4-16,18-19H,17H2,1-3H3,(H,27,29)(H,28,30). The van der Waals surface area contributed by atoms with E-state index in [0.29, 0.717) is 35.1 Å². The Kier molecular flexibility index (Phi) is 7.44. The Hall–Kier alpha value is -3.60. The number of hydrogen-bond donors (Lipinski definition) is 2. The van der Waals surface area contributed by atoms with Gasteiger partial charge in [0.15, 0.2) is 0 Å². The highest BCUT2D eigenvalue weighted by Gasteiger charge is 2.12. The monoisotopic (exact) mass is 416 g/mol. The molecule has 2 N–H and O–H groups in total. The maximum atomic E-state index is 12.6. The molecule has 2 amide bonds. The van der Waals surface area contributed by atoms with E-state index in [9.17, 15) is 9.59 Å². The molecule has 0 spiro atoms. The van der Waals surface area contributed by atoms with E-state index >= 15 is 0 Å². The van der Waals surface area contributed by atoms with Crippen LogP contribution in [0.25, 0.3) is 0 Å². The van der Waals surface area contributed by atoms with Crippen molar-refractivity contribution >= 4 is 17.5 Å². The van der Waals surface area contributed by atoms with E-state index < -0.39 is 0 Å². The molecule has 3 aromatic carbocycles. The first-order chi connectivity index (χ1) is 14.9. The zero-order valence-electron chi connectivity index (χ0n) is 18.1. The van der Waals surface area contributed by atoms with Crippen molar-refractivity contribution in [3.8, 4) is 5.75 Å². The van der Waals surface area contributed by atoms with Gasteiger partial charge in [0, 0.05) is 16.8 Å². The molecule has 1 unspecified atom stereocenters. The molecule has 0 aliphatic rings. The Morgan fingerprint density at radius 3 is 2.19 bits per heavy atom. The summed E-state index contributed by atoms with van der Waals surface area (Å²) in [7, 11) is 0. The Morgan fingerprint density at radius 1 is 0.806 bits per heavy atom. The highest BCUT2D eigenvalue weighted by Crippen LogP contribution is 2.17. The van der Waals surface area contributed by atoms with Crippen molar-refractivity contribution in [1.82, 2.24) is 5.32 Å². The molecule has 0 radical (unpaired) electrons. The third-order valence-electron chi connectivity index (χ3n) is 4.73. The Morgan fingerprint density at radius 2 is 1.52 bits per heavy atom. The summed E-state index contributed by atoms with van der Waals surface area (Å²) < 4.78 is 5.69. The van der Waals surface area contributed by atoms with E-state index in [2.05, 4.69) is 24.5 Å². The molecule has 0 aliphatic carbocycles. The van der Waals surface area contributed by atoms with Gasteiger partial charge in [0.1, 0.15) is 5.75 Å². The second-order valence-corrected chi connectivity index (χ2v) is 7.87. The largest absolute Gasteiger partial charge is 0.493 e. The molecule has 31 heavy (non-hydrogen) atoms. The van der Waals surface area contributed by atoms with Crippen LogP contribution in [0.3, 0.4) is 0 Å². The fourth-order valence-electron chi connectivity index (χ4n) is 3.00. The quantitative estimate of drug-likeness (QED) is 0.512. The van der Waals surface area contributed by atoms with Crippen LogP contribution in [0.2, 0.25) is 0 Å². The van der Waals surface area contributed by atoms with Crippen LogP contribution >= 0.6 is 0 Å². The summed E-state index contributed by atoms with van der Waals surface area (Å²) in [5, 5.41) is 5.84. The van der Waals surface area contributed by atoms with Gasteiger partial charge in [-0.3, -0.25) is 9.59 Å². The lowest BCUT2D eigenvalue weighted by molar-refractivity contribution is 0.0939. The second kappa shape index (κ2) is 10.4. The number of hydrogen-bond acceptors (Lipinski definition) is 3. The Labute approximate surface area is 183 Å². The molecule has 0 saturated heterocycles. The Balaban J connectivity index is 1.59. The molecule has 3 rings (SSSR count). The van der Waals surface area contributed by atoms with Crippen molar-refractivity contribution in [2.24, 2.45) is 5.92 Å². The van der Waals surface area contributed by atoms with Crippen LogP contribution in [0.1, 0.15) is 53.1 Å². The first-order valence-corrected chi connectivity index (χ1v) is 10.4. The maximum Gasteiger partial charge on any atom is 0.255 e. The fraction of sp³-hybridized carbons (Fsp3) is 0.231. The minimum absolute atomic E-state index is 0.0988. The molecule has 3 aromatic rings. The summed E-state index contributed by atoms with van der Waals surface area (Å²) in [4.78, 5) is 25.1. The second-order valence-electron chi connectivity index (χ2n) is 7.87. The fourth-order valence-corrected chi connectivity index (χ4v) is 3.00. The van der Waals surface area contributed by atoms with E-state index in [1.807, 2.05) is 43.3 Å². The molecule has 0 bridgehead atoms.